The minimum absolute atomic E-state index is 0.540. The van der Waals surface area contributed by atoms with Crippen molar-refractivity contribution in [3.8, 4) is 17.2 Å². The van der Waals surface area contributed by atoms with E-state index < -0.39 is 0 Å². The Labute approximate surface area is 126 Å². The Hall–Kier alpha value is -1.96. The highest BCUT2D eigenvalue weighted by Gasteiger charge is 2.21. The molecule has 0 aliphatic heterocycles. The summed E-state index contributed by atoms with van der Waals surface area (Å²) in [4.78, 5) is 0. The number of hydrogen-bond donors (Lipinski definition) is 0. The fraction of sp³-hybridized carbons (Fsp3) is 0.368. The second-order valence-electron chi connectivity index (χ2n) is 6.06. The van der Waals surface area contributed by atoms with Crippen molar-refractivity contribution >= 4 is 0 Å². The SMILES string of the molecule is CC(C)c1ccc(Oc2cccc(OCC3CC3)c2)cc1. The summed E-state index contributed by atoms with van der Waals surface area (Å²) in [6.45, 7) is 5.21. The van der Waals surface area contributed by atoms with Crippen LogP contribution in [0.25, 0.3) is 0 Å². The maximum absolute atomic E-state index is 5.90. The van der Waals surface area contributed by atoms with Crippen molar-refractivity contribution in [1.29, 1.82) is 0 Å². The second-order valence-corrected chi connectivity index (χ2v) is 6.06. The molecule has 2 aromatic rings. The van der Waals surface area contributed by atoms with E-state index in [9.17, 15) is 0 Å². The van der Waals surface area contributed by atoms with E-state index in [1.807, 2.05) is 36.4 Å². The van der Waals surface area contributed by atoms with Crippen LogP contribution in [-0.4, -0.2) is 6.61 Å². The zero-order valence-corrected chi connectivity index (χ0v) is 12.7. The van der Waals surface area contributed by atoms with Gasteiger partial charge >= 0.3 is 0 Å². The minimum Gasteiger partial charge on any atom is -0.493 e. The first kappa shape index (κ1) is 14.0. The predicted octanol–water partition coefficient (Wildman–Crippen LogP) is 5.39. The Morgan fingerprint density at radius 3 is 2.33 bits per heavy atom. The summed E-state index contributed by atoms with van der Waals surface area (Å²) in [6.07, 6.45) is 2.61. The summed E-state index contributed by atoms with van der Waals surface area (Å²) < 4.78 is 11.7. The van der Waals surface area contributed by atoms with Gasteiger partial charge in [-0.25, -0.2) is 0 Å². The molecule has 0 spiro atoms. The third-order valence-corrected chi connectivity index (χ3v) is 3.77. The first-order valence-corrected chi connectivity index (χ1v) is 7.71. The van der Waals surface area contributed by atoms with E-state index in [1.165, 1.54) is 18.4 Å². The van der Waals surface area contributed by atoms with Crippen LogP contribution in [0.5, 0.6) is 17.2 Å². The van der Waals surface area contributed by atoms with Crippen LogP contribution in [0, 0.1) is 5.92 Å². The average molecular weight is 282 g/mol. The standard InChI is InChI=1S/C19H22O2/c1-14(2)16-8-10-17(11-9-16)21-19-5-3-4-18(12-19)20-13-15-6-7-15/h3-5,8-12,14-15H,6-7,13H2,1-2H3. The van der Waals surface area contributed by atoms with Gasteiger partial charge in [0.2, 0.25) is 0 Å². The van der Waals surface area contributed by atoms with Crippen LogP contribution < -0.4 is 9.47 Å². The van der Waals surface area contributed by atoms with Crippen LogP contribution >= 0.6 is 0 Å². The summed E-state index contributed by atoms with van der Waals surface area (Å²) in [5.74, 6) is 3.87. The summed E-state index contributed by atoms with van der Waals surface area (Å²) in [7, 11) is 0. The van der Waals surface area contributed by atoms with Gasteiger partial charge in [-0.15, -0.1) is 0 Å². The van der Waals surface area contributed by atoms with Crippen molar-refractivity contribution in [3.05, 3.63) is 54.1 Å². The molecule has 0 N–H and O–H groups in total. The first-order valence-electron chi connectivity index (χ1n) is 7.71. The molecule has 0 heterocycles. The molecule has 0 saturated heterocycles. The molecule has 110 valence electrons. The van der Waals surface area contributed by atoms with Gasteiger partial charge in [0.15, 0.2) is 0 Å². The Bertz CT molecular complexity index is 583. The maximum atomic E-state index is 5.90. The summed E-state index contributed by atoms with van der Waals surface area (Å²) in [5.41, 5.74) is 1.32. The molecule has 1 fully saturated rings. The van der Waals surface area contributed by atoms with Crippen LogP contribution in [-0.2, 0) is 0 Å². The zero-order chi connectivity index (χ0) is 14.7. The van der Waals surface area contributed by atoms with Crippen molar-refractivity contribution in [2.45, 2.75) is 32.6 Å². The van der Waals surface area contributed by atoms with Gasteiger partial charge in [0.05, 0.1) is 6.61 Å². The van der Waals surface area contributed by atoms with E-state index in [2.05, 4.69) is 26.0 Å². The third kappa shape index (κ3) is 4.01. The van der Waals surface area contributed by atoms with Gasteiger partial charge in [0.25, 0.3) is 0 Å². The molecule has 2 heteroatoms. The van der Waals surface area contributed by atoms with Gasteiger partial charge in [-0.05, 0) is 54.5 Å². The highest BCUT2D eigenvalue weighted by atomic mass is 16.5. The van der Waals surface area contributed by atoms with Crippen LogP contribution in [0.4, 0.5) is 0 Å². The van der Waals surface area contributed by atoms with Gasteiger partial charge in [-0.3, -0.25) is 0 Å². The zero-order valence-electron chi connectivity index (χ0n) is 12.7. The molecule has 0 atom stereocenters. The monoisotopic (exact) mass is 282 g/mol. The van der Waals surface area contributed by atoms with Crippen LogP contribution in [0.1, 0.15) is 38.2 Å². The lowest BCUT2D eigenvalue weighted by molar-refractivity contribution is 0.298. The molecule has 0 radical (unpaired) electrons. The van der Waals surface area contributed by atoms with Crippen molar-refractivity contribution < 1.29 is 9.47 Å². The molecule has 2 nitrogen and oxygen atoms in total. The van der Waals surface area contributed by atoms with Gasteiger partial charge < -0.3 is 9.47 Å². The molecule has 3 rings (SSSR count). The van der Waals surface area contributed by atoms with Crippen LogP contribution in [0.3, 0.4) is 0 Å². The lowest BCUT2D eigenvalue weighted by atomic mass is 10.0. The normalized spacial score (nSPS) is 14.2. The average Bonchev–Trinajstić information content (AvgIpc) is 3.30. The third-order valence-electron chi connectivity index (χ3n) is 3.77. The molecule has 2 aromatic carbocycles. The number of benzene rings is 2. The van der Waals surface area contributed by atoms with Crippen molar-refractivity contribution in [1.82, 2.24) is 0 Å². The molecule has 1 aliphatic rings. The van der Waals surface area contributed by atoms with Crippen LogP contribution in [0.2, 0.25) is 0 Å². The summed E-state index contributed by atoms with van der Waals surface area (Å²) in [6, 6.07) is 16.2. The lowest BCUT2D eigenvalue weighted by Crippen LogP contribution is -1.98. The van der Waals surface area contributed by atoms with Gasteiger partial charge in [0, 0.05) is 6.07 Å². The number of rotatable bonds is 6. The predicted molar refractivity (Wildman–Crippen MR) is 85.3 cm³/mol. The Morgan fingerprint density at radius 2 is 1.67 bits per heavy atom. The fourth-order valence-corrected chi connectivity index (χ4v) is 2.18. The highest BCUT2D eigenvalue weighted by molar-refractivity contribution is 5.38. The number of ether oxygens (including phenoxy) is 2. The second kappa shape index (κ2) is 6.21. The van der Waals surface area contributed by atoms with E-state index in [-0.39, 0.29) is 0 Å². The van der Waals surface area contributed by atoms with Crippen molar-refractivity contribution in [2.24, 2.45) is 5.92 Å². The summed E-state index contributed by atoms with van der Waals surface area (Å²) in [5, 5.41) is 0. The number of hydrogen-bond acceptors (Lipinski definition) is 2. The lowest BCUT2D eigenvalue weighted by Gasteiger charge is -2.10. The highest BCUT2D eigenvalue weighted by Crippen LogP contribution is 2.31. The van der Waals surface area contributed by atoms with E-state index in [0.717, 1.165) is 29.8 Å². The van der Waals surface area contributed by atoms with Crippen molar-refractivity contribution in [2.75, 3.05) is 6.61 Å². The Kier molecular flexibility index (Phi) is 4.14. The van der Waals surface area contributed by atoms with Gasteiger partial charge in [0.1, 0.15) is 17.2 Å². The molecule has 1 aliphatic carbocycles. The van der Waals surface area contributed by atoms with E-state index in [1.54, 1.807) is 0 Å². The van der Waals surface area contributed by atoms with Gasteiger partial charge in [-0.2, -0.15) is 0 Å². The summed E-state index contributed by atoms with van der Waals surface area (Å²) >= 11 is 0. The van der Waals surface area contributed by atoms with Gasteiger partial charge in [-0.1, -0.05) is 32.0 Å². The van der Waals surface area contributed by atoms with Crippen molar-refractivity contribution in [3.63, 3.8) is 0 Å². The quantitative estimate of drug-likeness (QED) is 0.707. The van der Waals surface area contributed by atoms with E-state index in [4.69, 9.17) is 9.47 Å². The Balaban J connectivity index is 1.64. The minimum atomic E-state index is 0.540. The largest absolute Gasteiger partial charge is 0.493 e. The Morgan fingerprint density at radius 1 is 0.952 bits per heavy atom. The maximum Gasteiger partial charge on any atom is 0.131 e. The van der Waals surface area contributed by atoms with E-state index in [0.29, 0.717) is 5.92 Å². The smallest absolute Gasteiger partial charge is 0.131 e. The molecule has 0 aromatic heterocycles. The first-order chi connectivity index (χ1) is 10.2. The van der Waals surface area contributed by atoms with E-state index >= 15 is 0 Å². The topological polar surface area (TPSA) is 18.5 Å². The molecule has 0 amide bonds. The molecule has 1 saturated carbocycles. The molecular formula is C19H22O2. The van der Waals surface area contributed by atoms with Crippen LogP contribution in [0.15, 0.2) is 48.5 Å². The molecule has 0 unspecified atom stereocenters. The fourth-order valence-electron chi connectivity index (χ4n) is 2.18. The molecule has 0 bridgehead atoms. The molecule has 21 heavy (non-hydrogen) atoms. The molecular weight excluding hydrogens is 260 g/mol.